The molecule has 1 aliphatic heterocycles. The third kappa shape index (κ3) is 3.29. The van der Waals surface area contributed by atoms with Crippen LogP contribution in [-0.2, 0) is 14.8 Å². The van der Waals surface area contributed by atoms with Gasteiger partial charge in [0.15, 0.2) is 0 Å². The molecule has 2 rings (SSSR count). The Morgan fingerprint density at radius 1 is 1.42 bits per heavy atom. The molecule has 0 aliphatic carbocycles. The Morgan fingerprint density at radius 3 is 2.68 bits per heavy atom. The molecule has 2 atom stereocenters. The number of aliphatic hydroxyl groups is 1. The predicted octanol–water partition coefficient (Wildman–Crippen LogP) is -1.00. The molecule has 0 bridgehead atoms. The number of primary sulfonamides is 1. The fraction of sp³-hybridized carbons (Fsp3) is 0.364. The van der Waals surface area contributed by atoms with E-state index in [1.165, 1.54) is 18.2 Å². The van der Waals surface area contributed by atoms with Crippen molar-refractivity contribution in [2.75, 3.05) is 11.9 Å². The zero-order valence-corrected chi connectivity index (χ0v) is 10.9. The van der Waals surface area contributed by atoms with Gasteiger partial charge in [-0.05, 0) is 18.6 Å². The summed E-state index contributed by atoms with van der Waals surface area (Å²) in [7, 11) is -3.90. The molecule has 0 saturated carbocycles. The van der Waals surface area contributed by atoms with Crippen molar-refractivity contribution in [3.8, 4) is 0 Å². The van der Waals surface area contributed by atoms with Gasteiger partial charge in [0, 0.05) is 6.54 Å². The van der Waals surface area contributed by atoms with E-state index in [2.05, 4.69) is 10.6 Å². The van der Waals surface area contributed by atoms with Gasteiger partial charge in [-0.25, -0.2) is 13.6 Å². The number of amides is 1. The minimum atomic E-state index is -3.90. The fourth-order valence-electron chi connectivity index (χ4n) is 1.95. The van der Waals surface area contributed by atoms with Crippen molar-refractivity contribution in [1.82, 2.24) is 5.32 Å². The van der Waals surface area contributed by atoms with Gasteiger partial charge in [-0.1, -0.05) is 12.1 Å². The lowest BCUT2D eigenvalue weighted by atomic mass is 10.2. The molecule has 5 N–H and O–H groups in total. The van der Waals surface area contributed by atoms with Crippen LogP contribution in [-0.4, -0.2) is 38.1 Å². The van der Waals surface area contributed by atoms with Crippen LogP contribution in [0.25, 0.3) is 0 Å². The van der Waals surface area contributed by atoms with Crippen molar-refractivity contribution in [2.45, 2.75) is 23.5 Å². The summed E-state index contributed by atoms with van der Waals surface area (Å²) in [6.45, 7) is 0.342. The fourth-order valence-corrected chi connectivity index (χ4v) is 2.65. The summed E-state index contributed by atoms with van der Waals surface area (Å²) in [6.07, 6.45) is -0.271. The molecule has 1 heterocycles. The van der Waals surface area contributed by atoms with Crippen LogP contribution in [0.1, 0.15) is 6.42 Å². The van der Waals surface area contributed by atoms with Crippen molar-refractivity contribution in [2.24, 2.45) is 5.14 Å². The van der Waals surface area contributed by atoms with E-state index in [1.54, 1.807) is 6.07 Å². The molecular formula is C11H15N3O4S. The number of carbonyl (C=O) groups is 1. The molecule has 0 aromatic heterocycles. The lowest BCUT2D eigenvalue weighted by molar-refractivity contribution is -0.117. The number of rotatable bonds is 3. The average molecular weight is 285 g/mol. The smallest absolute Gasteiger partial charge is 0.241 e. The monoisotopic (exact) mass is 285 g/mol. The second-order valence-electron chi connectivity index (χ2n) is 4.38. The highest BCUT2D eigenvalue weighted by atomic mass is 32.2. The summed E-state index contributed by atoms with van der Waals surface area (Å²) >= 11 is 0. The zero-order valence-electron chi connectivity index (χ0n) is 10.0. The topological polar surface area (TPSA) is 122 Å². The lowest BCUT2D eigenvalue weighted by Gasteiger charge is -2.13. The number of nitrogens with two attached hydrogens (primary N) is 1. The first-order chi connectivity index (χ1) is 8.88. The molecule has 8 heteroatoms. The number of benzene rings is 1. The second-order valence-corrected chi connectivity index (χ2v) is 5.91. The molecule has 1 amide bonds. The van der Waals surface area contributed by atoms with Gasteiger partial charge in [0.2, 0.25) is 15.9 Å². The summed E-state index contributed by atoms with van der Waals surface area (Å²) in [4.78, 5) is 11.8. The van der Waals surface area contributed by atoms with Crippen molar-refractivity contribution in [3.05, 3.63) is 24.3 Å². The van der Waals surface area contributed by atoms with Gasteiger partial charge in [-0.15, -0.1) is 0 Å². The highest BCUT2D eigenvalue weighted by molar-refractivity contribution is 7.89. The predicted molar refractivity (Wildman–Crippen MR) is 68.9 cm³/mol. The maximum Gasteiger partial charge on any atom is 0.241 e. The molecule has 2 unspecified atom stereocenters. The molecular weight excluding hydrogens is 270 g/mol. The van der Waals surface area contributed by atoms with Crippen molar-refractivity contribution < 1.29 is 18.3 Å². The molecule has 0 radical (unpaired) electrons. The number of hydrogen-bond donors (Lipinski definition) is 4. The largest absolute Gasteiger partial charge is 0.392 e. The van der Waals surface area contributed by atoms with Gasteiger partial charge < -0.3 is 15.7 Å². The quantitative estimate of drug-likeness (QED) is 0.567. The Balaban J connectivity index is 2.18. The number of β-amino-alcohol motifs (C(OH)–C–C–N with tert-alkyl or cyclic N) is 1. The molecule has 1 saturated heterocycles. The van der Waals surface area contributed by atoms with Crippen molar-refractivity contribution in [3.63, 3.8) is 0 Å². The van der Waals surface area contributed by atoms with E-state index in [-0.39, 0.29) is 10.6 Å². The van der Waals surface area contributed by atoms with Crippen LogP contribution in [0.5, 0.6) is 0 Å². The molecule has 1 aliphatic rings. The summed E-state index contributed by atoms with van der Waals surface area (Å²) in [6, 6.07) is 5.36. The number of anilines is 1. The number of hydrogen-bond acceptors (Lipinski definition) is 5. The summed E-state index contributed by atoms with van der Waals surface area (Å²) in [5.74, 6) is -0.396. The van der Waals surface area contributed by atoms with Crippen molar-refractivity contribution in [1.29, 1.82) is 0 Å². The summed E-state index contributed by atoms with van der Waals surface area (Å²) in [5.41, 5.74) is 0.137. The SMILES string of the molecule is NS(=O)(=O)c1ccccc1NC(=O)C1CC(O)CN1. The van der Waals surface area contributed by atoms with E-state index in [0.717, 1.165) is 0 Å². The highest BCUT2D eigenvalue weighted by Crippen LogP contribution is 2.20. The number of carbonyl (C=O) groups excluding carboxylic acids is 1. The third-order valence-electron chi connectivity index (χ3n) is 2.88. The van der Waals surface area contributed by atoms with E-state index >= 15 is 0 Å². The Kier molecular flexibility index (Phi) is 3.85. The zero-order chi connectivity index (χ0) is 14.0. The summed E-state index contributed by atoms with van der Waals surface area (Å²) < 4.78 is 22.8. The third-order valence-corrected chi connectivity index (χ3v) is 3.84. The highest BCUT2D eigenvalue weighted by Gasteiger charge is 2.28. The number of aliphatic hydroxyl groups excluding tert-OH is 1. The molecule has 1 aromatic rings. The molecule has 104 valence electrons. The Hall–Kier alpha value is -1.48. The van der Waals surface area contributed by atoms with Gasteiger partial charge in [0.05, 0.1) is 17.8 Å². The summed E-state index contributed by atoms with van der Waals surface area (Å²) in [5, 5.41) is 19.8. The molecule has 0 spiro atoms. The molecule has 1 aromatic carbocycles. The minimum Gasteiger partial charge on any atom is -0.392 e. The first-order valence-corrected chi connectivity index (χ1v) is 7.26. The van der Waals surface area contributed by atoms with Gasteiger partial charge in [-0.2, -0.15) is 0 Å². The van der Waals surface area contributed by atoms with Gasteiger partial charge >= 0.3 is 0 Å². The Labute approximate surface area is 110 Å². The normalized spacial score (nSPS) is 23.3. The Bertz CT molecular complexity index is 587. The van der Waals surface area contributed by atoms with Crippen LogP contribution >= 0.6 is 0 Å². The van der Waals surface area contributed by atoms with Crippen LogP contribution in [0.15, 0.2) is 29.2 Å². The number of para-hydroxylation sites is 1. The van der Waals surface area contributed by atoms with Crippen LogP contribution in [0.4, 0.5) is 5.69 Å². The van der Waals surface area contributed by atoms with E-state index in [0.29, 0.717) is 13.0 Å². The van der Waals surface area contributed by atoms with Crippen LogP contribution in [0.2, 0.25) is 0 Å². The van der Waals surface area contributed by atoms with Crippen molar-refractivity contribution >= 4 is 21.6 Å². The minimum absolute atomic E-state index is 0.137. The first kappa shape index (κ1) is 13.9. The molecule has 1 fully saturated rings. The van der Waals surface area contributed by atoms with E-state index in [9.17, 15) is 18.3 Å². The molecule has 7 nitrogen and oxygen atoms in total. The van der Waals surface area contributed by atoms with E-state index in [4.69, 9.17) is 5.14 Å². The van der Waals surface area contributed by atoms with E-state index < -0.39 is 28.1 Å². The molecule has 19 heavy (non-hydrogen) atoms. The number of sulfonamides is 1. The second kappa shape index (κ2) is 5.25. The average Bonchev–Trinajstić information content (AvgIpc) is 2.75. The van der Waals surface area contributed by atoms with Gasteiger partial charge in [0.1, 0.15) is 4.90 Å². The van der Waals surface area contributed by atoms with Gasteiger partial charge in [0.25, 0.3) is 0 Å². The first-order valence-electron chi connectivity index (χ1n) is 5.72. The number of nitrogens with one attached hydrogen (secondary N) is 2. The van der Waals surface area contributed by atoms with Gasteiger partial charge in [-0.3, -0.25) is 4.79 Å². The lowest BCUT2D eigenvalue weighted by Crippen LogP contribution is -2.36. The standard InChI is InChI=1S/C11H15N3O4S/c12-19(17,18)10-4-2-1-3-8(10)14-11(16)9-5-7(15)6-13-9/h1-4,7,9,13,15H,5-6H2,(H,14,16)(H2,12,17,18). The van der Waals surface area contributed by atoms with E-state index in [1.807, 2.05) is 0 Å². The van der Waals surface area contributed by atoms with Crippen LogP contribution < -0.4 is 15.8 Å². The maximum absolute atomic E-state index is 11.9. The van der Waals surface area contributed by atoms with Crippen LogP contribution in [0.3, 0.4) is 0 Å². The maximum atomic E-state index is 11.9. The van der Waals surface area contributed by atoms with Crippen LogP contribution in [0, 0.1) is 0 Å². The Morgan fingerprint density at radius 2 is 2.11 bits per heavy atom.